The molecular formula is C24H40O4. The molecule has 0 amide bonds. The van der Waals surface area contributed by atoms with Crippen molar-refractivity contribution in [3.63, 3.8) is 0 Å². The summed E-state index contributed by atoms with van der Waals surface area (Å²) < 4.78 is 0. The summed E-state index contributed by atoms with van der Waals surface area (Å²) in [5, 5.41) is 16.5. The molecule has 0 rings (SSSR count). The molecule has 0 aliphatic rings. The first-order valence-corrected chi connectivity index (χ1v) is 10.6. The van der Waals surface area contributed by atoms with Crippen LogP contribution >= 0.6 is 0 Å². The van der Waals surface area contributed by atoms with E-state index in [9.17, 15) is 9.59 Å². The monoisotopic (exact) mass is 392 g/mol. The second-order valence-corrected chi connectivity index (χ2v) is 6.60. The summed E-state index contributed by atoms with van der Waals surface area (Å²) in [5.41, 5.74) is 0. The minimum absolute atomic E-state index is 0.324. The maximum Gasteiger partial charge on any atom is 0.328 e. The normalized spacial score (nSPS) is 11.5. The molecule has 160 valence electrons. The van der Waals surface area contributed by atoms with Crippen molar-refractivity contribution < 1.29 is 19.8 Å². The van der Waals surface area contributed by atoms with E-state index in [1.54, 1.807) is 12.2 Å². The molecule has 28 heavy (non-hydrogen) atoms. The minimum atomic E-state index is -0.914. The number of carboxylic acids is 2. The molecule has 0 heterocycles. The fourth-order valence-corrected chi connectivity index (χ4v) is 2.34. The van der Waals surface area contributed by atoms with Gasteiger partial charge in [-0.1, -0.05) is 81.6 Å². The molecule has 0 aliphatic heterocycles. The topological polar surface area (TPSA) is 74.6 Å². The Bertz CT molecular complexity index is 473. The van der Waals surface area contributed by atoms with Gasteiger partial charge in [0.25, 0.3) is 0 Å². The molecule has 0 aromatic carbocycles. The molecule has 0 saturated heterocycles. The van der Waals surface area contributed by atoms with Gasteiger partial charge in [-0.3, -0.25) is 4.79 Å². The number of hydrogen-bond acceptors (Lipinski definition) is 2. The van der Waals surface area contributed by atoms with Crippen molar-refractivity contribution in [3.05, 3.63) is 48.6 Å². The van der Waals surface area contributed by atoms with Gasteiger partial charge in [-0.15, -0.1) is 0 Å². The van der Waals surface area contributed by atoms with E-state index >= 15 is 0 Å². The van der Waals surface area contributed by atoms with Gasteiger partial charge in [0, 0.05) is 12.5 Å². The first kappa shape index (κ1) is 28.1. The lowest BCUT2D eigenvalue weighted by Gasteiger charge is -1.98. The largest absolute Gasteiger partial charge is 0.481 e. The summed E-state index contributed by atoms with van der Waals surface area (Å²) in [6, 6.07) is 0. The highest BCUT2D eigenvalue weighted by Crippen LogP contribution is 2.08. The Hall–Kier alpha value is -2.10. The smallest absolute Gasteiger partial charge is 0.328 e. The van der Waals surface area contributed by atoms with E-state index in [1.807, 2.05) is 6.92 Å². The van der Waals surface area contributed by atoms with Crippen molar-refractivity contribution in [1.82, 2.24) is 0 Å². The number of carboxylic acid groups (broad SMARTS) is 2. The van der Waals surface area contributed by atoms with Crippen molar-refractivity contribution in [1.29, 1.82) is 0 Å². The van der Waals surface area contributed by atoms with Crippen molar-refractivity contribution in [3.8, 4) is 0 Å². The first-order chi connectivity index (χ1) is 13.5. The van der Waals surface area contributed by atoms with Crippen LogP contribution in [0, 0.1) is 0 Å². The van der Waals surface area contributed by atoms with Crippen LogP contribution in [-0.2, 0) is 9.59 Å². The maximum absolute atomic E-state index is 10.3. The SMILES string of the molecule is CC=CC=CC(=O)O.CCCCCC=CCC=CCCCCCCCC(=O)O. The fraction of sp³-hybridized carbons (Fsp3) is 0.583. The van der Waals surface area contributed by atoms with Crippen LogP contribution in [0.15, 0.2) is 48.6 Å². The minimum Gasteiger partial charge on any atom is -0.481 e. The zero-order valence-electron chi connectivity index (χ0n) is 17.8. The van der Waals surface area contributed by atoms with E-state index < -0.39 is 11.9 Å². The lowest BCUT2D eigenvalue weighted by molar-refractivity contribution is -0.137. The Labute approximate surface area is 171 Å². The zero-order valence-corrected chi connectivity index (χ0v) is 17.8. The molecule has 0 bridgehead atoms. The second-order valence-electron chi connectivity index (χ2n) is 6.60. The van der Waals surface area contributed by atoms with E-state index in [0.717, 1.165) is 31.8 Å². The molecule has 0 radical (unpaired) electrons. The summed E-state index contributed by atoms with van der Waals surface area (Å²) in [7, 11) is 0. The van der Waals surface area contributed by atoms with Gasteiger partial charge in [0.15, 0.2) is 0 Å². The van der Waals surface area contributed by atoms with Crippen LogP contribution in [0.2, 0.25) is 0 Å². The summed E-state index contributed by atoms with van der Waals surface area (Å²) in [6.07, 6.45) is 28.3. The summed E-state index contributed by atoms with van der Waals surface area (Å²) in [4.78, 5) is 20.1. The standard InChI is InChI=1S/C18H32O2.C6H8O2/c1-2-3-4-5-6-7-8-9-10-11-12-13-14-15-16-17-18(19)20;1-2-3-4-5-6(7)8/h6-7,9-10H,2-5,8,11-17H2,1H3,(H,19,20);2-5H,1H3,(H,7,8). The molecule has 4 heteroatoms. The van der Waals surface area contributed by atoms with Crippen LogP contribution in [0.4, 0.5) is 0 Å². The summed E-state index contributed by atoms with van der Waals surface area (Å²) in [5.74, 6) is -1.58. The maximum atomic E-state index is 10.3. The van der Waals surface area contributed by atoms with Gasteiger partial charge in [-0.25, -0.2) is 4.79 Å². The van der Waals surface area contributed by atoms with Crippen LogP contribution in [-0.4, -0.2) is 22.2 Å². The highest BCUT2D eigenvalue weighted by Gasteiger charge is 1.95. The fourth-order valence-electron chi connectivity index (χ4n) is 2.34. The molecule has 0 aromatic heterocycles. The number of unbranched alkanes of at least 4 members (excludes halogenated alkanes) is 8. The predicted octanol–water partition coefficient (Wildman–Crippen LogP) is 7.09. The van der Waals surface area contributed by atoms with Crippen molar-refractivity contribution >= 4 is 11.9 Å². The molecule has 0 unspecified atom stereocenters. The molecular weight excluding hydrogens is 352 g/mol. The molecule has 0 saturated carbocycles. The molecule has 0 fully saturated rings. The quantitative estimate of drug-likeness (QED) is 0.127. The van der Waals surface area contributed by atoms with Gasteiger partial charge >= 0.3 is 11.9 Å². The van der Waals surface area contributed by atoms with Crippen LogP contribution in [0.5, 0.6) is 0 Å². The Morgan fingerprint density at radius 2 is 1.32 bits per heavy atom. The van der Waals surface area contributed by atoms with E-state index in [4.69, 9.17) is 10.2 Å². The predicted molar refractivity (Wildman–Crippen MR) is 119 cm³/mol. The number of hydrogen-bond donors (Lipinski definition) is 2. The number of rotatable bonds is 16. The Morgan fingerprint density at radius 1 is 0.750 bits per heavy atom. The van der Waals surface area contributed by atoms with Gasteiger partial charge in [0.2, 0.25) is 0 Å². The van der Waals surface area contributed by atoms with Gasteiger partial charge in [0.05, 0.1) is 0 Å². The Morgan fingerprint density at radius 3 is 1.86 bits per heavy atom. The highest BCUT2D eigenvalue weighted by atomic mass is 16.4. The third-order valence-corrected chi connectivity index (χ3v) is 3.88. The van der Waals surface area contributed by atoms with Gasteiger partial charge in [-0.2, -0.15) is 0 Å². The number of aliphatic carboxylic acids is 2. The van der Waals surface area contributed by atoms with Crippen molar-refractivity contribution in [2.45, 2.75) is 90.9 Å². The van der Waals surface area contributed by atoms with Crippen molar-refractivity contribution in [2.75, 3.05) is 0 Å². The van der Waals surface area contributed by atoms with Crippen LogP contribution in [0.25, 0.3) is 0 Å². The number of carbonyl (C=O) groups is 2. The van der Waals surface area contributed by atoms with Gasteiger partial charge in [0.1, 0.15) is 0 Å². The van der Waals surface area contributed by atoms with Gasteiger partial charge in [-0.05, 0) is 45.4 Å². The van der Waals surface area contributed by atoms with Gasteiger partial charge < -0.3 is 10.2 Å². The van der Waals surface area contributed by atoms with E-state index in [1.165, 1.54) is 51.0 Å². The molecule has 0 aromatic rings. The average molecular weight is 393 g/mol. The highest BCUT2D eigenvalue weighted by molar-refractivity contribution is 5.80. The van der Waals surface area contributed by atoms with E-state index in [-0.39, 0.29) is 0 Å². The Balaban J connectivity index is 0. The third-order valence-electron chi connectivity index (χ3n) is 3.88. The Kier molecular flexibility index (Phi) is 25.0. The lowest BCUT2D eigenvalue weighted by atomic mass is 10.1. The third kappa shape index (κ3) is 31.6. The van der Waals surface area contributed by atoms with E-state index in [0.29, 0.717) is 6.42 Å². The van der Waals surface area contributed by atoms with Crippen LogP contribution < -0.4 is 0 Å². The van der Waals surface area contributed by atoms with Crippen LogP contribution in [0.3, 0.4) is 0 Å². The summed E-state index contributed by atoms with van der Waals surface area (Å²) >= 11 is 0. The first-order valence-electron chi connectivity index (χ1n) is 10.6. The molecule has 0 atom stereocenters. The summed E-state index contributed by atoms with van der Waals surface area (Å²) in [6.45, 7) is 4.06. The second kappa shape index (κ2) is 24.9. The van der Waals surface area contributed by atoms with Crippen molar-refractivity contribution in [2.24, 2.45) is 0 Å². The van der Waals surface area contributed by atoms with Crippen LogP contribution in [0.1, 0.15) is 90.9 Å². The average Bonchev–Trinajstić information content (AvgIpc) is 2.65. The number of allylic oxidation sites excluding steroid dienone is 7. The molecule has 0 aliphatic carbocycles. The van der Waals surface area contributed by atoms with E-state index in [2.05, 4.69) is 31.2 Å². The lowest BCUT2D eigenvalue weighted by Crippen LogP contribution is -1.93. The zero-order chi connectivity index (χ0) is 21.3. The molecule has 0 spiro atoms. The molecule has 4 nitrogen and oxygen atoms in total. The molecule has 2 N–H and O–H groups in total.